The first-order valence-electron chi connectivity index (χ1n) is 7.93. The van der Waals surface area contributed by atoms with Crippen molar-refractivity contribution in [2.75, 3.05) is 0 Å². The van der Waals surface area contributed by atoms with Crippen LogP contribution in [0.4, 0.5) is 0 Å². The van der Waals surface area contributed by atoms with E-state index in [9.17, 15) is 4.79 Å². The van der Waals surface area contributed by atoms with Gasteiger partial charge in [0.05, 0.1) is 17.1 Å². The molecule has 1 aromatic heterocycles. The van der Waals surface area contributed by atoms with Crippen LogP contribution in [0.5, 0.6) is 0 Å². The zero-order chi connectivity index (χ0) is 16.4. The van der Waals surface area contributed by atoms with E-state index in [1.54, 1.807) is 0 Å². The van der Waals surface area contributed by atoms with Crippen molar-refractivity contribution in [1.82, 2.24) is 14.9 Å². The number of nitrogens with one attached hydrogen (secondary N) is 1. The van der Waals surface area contributed by atoms with Crippen LogP contribution in [0.2, 0.25) is 0 Å². The van der Waals surface area contributed by atoms with Crippen LogP contribution in [0.1, 0.15) is 41.6 Å². The van der Waals surface area contributed by atoms with E-state index < -0.39 is 0 Å². The van der Waals surface area contributed by atoms with Gasteiger partial charge in [-0.25, -0.2) is 4.98 Å². The number of aryl methyl sites for hydroxylation is 2. The molecule has 0 saturated heterocycles. The molecule has 0 aliphatic rings. The molecular formula is C19H21N3O. The maximum atomic E-state index is 12.4. The first kappa shape index (κ1) is 15.3. The Hall–Kier alpha value is -2.62. The van der Waals surface area contributed by atoms with E-state index in [0.717, 1.165) is 29.0 Å². The van der Waals surface area contributed by atoms with Gasteiger partial charge in [-0.1, -0.05) is 29.8 Å². The zero-order valence-electron chi connectivity index (χ0n) is 13.7. The van der Waals surface area contributed by atoms with Crippen molar-refractivity contribution in [3.05, 3.63) is 65.5 Å². The van der Waals surface area contributed by atoms with Crippen LogP contribution in [0.3, 0.4) is 0 Å². The molecule has 0 spiro atoms. The number of imidazole rings is 1. The fraction of sp³-hybridized carbons (Fsp3) is 0.263. The zero-order valence-corrected chi connectivity index (χ0v) is 13.7. The van der Waals surface area contributed by atoms with E-state index in [0.29, 0.717) is 5.56 Å². The summed E-state index contributed by atoms with van der Waals surface area (Å²) in [5.41, 5.74) is 3.81. The third-order valence-corrected chi connectivity index (χ3v) is 4.02. The molecule has 0 saturated carbocycles. The van der Waals surface area contributed by atoms with E-state index in [2.05, 4.69) is 22.9 Å². The number of hydrogen-bond acceptors (Lipinski definition) is 2. The highest BCUT2D eigenvalue weighted by Gasteiger charge is 2.18. The molecule has 0 aliphatic carbocycles. The van der Waals surface area contributed by atoms with Gasteiger partial charge in [-0.05, 0) is 45.0 Å². The Labute approximate surface area is 136 Å². The SMILES string of the molecule is CCn1c([C@H](C)NC(=O)c2cccc(C)c2)nc2ccccc21. The lowest BCUT2D eigenvalue weighted by molar-refractivity contribution is 0.0937. The second kappa shape index (κ2) is 6.24. The minimum Gasteiger partial charge on any atom is -0.342 e. The Morgan fingerprint density at radius 2 is 2.00 bits per heavy atom. The number of carbonyl (C=O) groups is 1. The Balaban J connectivity index is 1.88. The van der Waals surface area contributed by atoms with E-state index in [4.69, 9.17) is 4.98 Å². The highest BCUT2D eigenvalue weighted by molar-refractivity contribution is 5.94. The van der Waals surface area contributed by atoms with Crippen LogP contribution >= 0.6 is 0 Å². The largest absolute Gasteiger partial charge is 0.342 e. The summed E-state index contributed by atoms with van der Waals surface area (Å²) < 4.78 is 2.15. The Bertz CT molecular complexity index is 851. The van der Waals surface area contributed by atoms with Crippen molar-refractivity contribution in [2.24, 2.45) is 0 Å². The summed E-state index contributed by atoms with van der Waals surface area (Å²) in [6.07, 6.45) is 0. The summed E-state index contributed by atoms with van der Waals surface area (Å²) in [6, 6.07) is 15.5. The standard InChI is InChI=1S/C19H21N3O/c1-4-22-17-11-6-5-10-16(17)21-18(22)14(3)20-19(23)15-9-7-8-13(2)12-15/h5-12,14H,4H2,1-3H3,(H,20,23)/t14-/m0/s1. The molecule has 0 fully saturated rings. The molecule has 4 heteroatoms. The van der Waals surface area contributed by atoms with E-state index in [-0.39, 0.29) is 11.9 Å². The molecule has 1 amide bonds. The predicted molar refractivity (Wildman–Crippen MR) is 92.5 cm³/mol. The summed E-state index contributed by atoms with van der Waals surface area (Å²) in [6.45, 7) is 6.87. The van der Waals surface area contributed by atoms with Gasteiger partial charge in [0.2, 0.25) is 0 Å². The summed E-state index contributed by atoms with van der Waals surface area (Å²) in [4.78, 5) is 17.1. The lowest BCUT2D eigenvalue weighted by atomic mass is 10.1. The molecule has 118 valence electrons. The number of para-hydroxylation sites is 2. The Kier molecular flexibility index (Phi) is 4.15. The first-order valence-corrected chi connectivity index (χ1v) is 7.93. The smallest absolute Gasteiger partial charge is 0.251 e. The van der Waals surface area contributed by atoms with E-state index in [1.807, 2.05) is 56.3 Å². The Morgan fingerprint density at radius 1 is 1.22 bits per heavy atom. The molecule has 4 nitrogen and oxygen atoms in total. The summed E-state index contributed by atoms with van der Waals surface area (Å²) in [5, 5.41) is 3.05. The number of rotatable bonds is 4. The van der Waals surface area contributed by atoms with Crippen molar-refractivity contribution in [3.8, 4) is 0 Å². The number of benzene rings is 2. The van der Waals surface area contributed by atoms with Crippen molar-refractivity contribution < 1.29 is 4.79 Å². The third kappa shape index (κ3) is 2.97. The van der Waals surface area contributed by atoms with Crippen molar-refractivity contribution >= 4 is 16.9 Å². The third-order valence-electron chi connectivity index (χ3n) is 4.02. The molecule has 0 bridgehead atoms. The first-order chi connectivity index (χ1) is 11.1. The lowest BCUT2D eigenvalue weighted by Gasteiger charge is -2.15. The second-order valence-electron chi connectivity index (χ2n) is 5.77. The maximum absolute atomic E-state index is 12.4. The van der Waals surface area contributed by atoms with Crippen LogP contribution in [-0.2, 0) is 6.54 Å². The van der Waals surface area contributed by atoms with Crippen LogP contribution in [0, 0.1) is 6.92 Å². The van der Waals surface area contributed by atoms with Crippen molar-refractivity contribution in [1.29, 1.82) is 0 Å². The molecular weight excluding hydrogens is 286 g/mol. The summed E-state index contributed by atoms with van der Waals surface area (Å²) in [5.74, 6) is 0.811. The van der Waals surface area contributed by atoms with Crippen LogP contribution in [0.15, 0.2) is 48.5 Å². The summed E-state index contributed by atoms with van der Waals surface area (Å²) in [7, 11) is 0. The number of fused-ring (bicyclic) bond motifs is 1. The van der Waals surface area contributed by atoms with Gasteiger partial charge >= 0.3 is 0 Å². The van der Waals surface area contributed by atoms with Gasteiger partial charge < -0.3 is 9.88 Å². The fourth-order valence-electron chi connectivity index (χ4n) is 2.89. The van der Waals surface area contributed by atoms with Crippen molar-refractivity contribution in [3.63, 3.8) is 0 Å². The highest BCUT2D eigenvalue weighted by atomic mass is 16.1. The van der Waals surface area contributed by atoms with Crippen LogP contribution in [0.25, 0.3) is 11.0 Å². The maximum Gasteiger partial charge on any atom is 0.251 e. The number of amides is 1. The van der Waals surface area contributed by atoms with Gasteiger partial charge in [0.1, 0.15) is 5.82 Å². The van der Waals surface area contributed by atoms with Gasteiger partial charge in [0, 0.05) is 12.1 Å². The molecule has 3 aromatic rings. The molecule has 0 radical (unpaired) electrons. The number of aromatic nitrogens is 2. The van der Waals surface area contributed by atoms with Gasteiger partial charge in [0.15, 0.2) is 0 Å². The molecule has 0 unspecified atom stereocenters. The Morgan fingerprint density at radius 3 is 2.74 bits per heavy atom. The fourth-order valence-corrected chi connectivity index (χ4v) is 2.89. The molecule has 1 heterocycles. The molecule has 2 aromatic carbocycles. The normalized spacial score (nSPS) is 12.3. The average molecular weight is 307 g/mol. The average Bonchev–Trinajstić information content (AvgIpc) is 2.93. The number of carbonyl (C=O) groups excluding carboxylic acids is 1. The van der Waals surface area contributed by atoms with E-state index >= 15 is 0 Å². The number of nitrogens with zero attached hydrogens (tertiary/aromatic N) is 2. The van der Waals surface area contributed by atoms with E-state index in [1.165, 1.54) is 0 Å². The molecule has 3 rings (SSSR count). The van der Waals surface area contributed by atoms with Crippen LogP contribution < -0.4 is 5.32 Å². The predicted octanol–water partition coefficient (Wildman–Crippen LogP) is 3.86. The molecule has 0 aliphatic heterocycles. The monoisotopic (exact) mass is 307 g/mol. The molecule has 23 heavy (non-hydrogen) atoms. The minimum absolute atomic E-state index is 0.0732. The van der Waals surface area contributed by atoms with Crippen molar-refractivity contribution in [2.45, 2.75) is 33.4 Å². The molecule has 1 atom stereocenters. The quantitative estimate of drug-likeness (QED) is 0.795. The van der Waals surface area contributed by atoms with Gasteiger partial charge in [-0.3, -0.25) is 4.79 Å². The number of hydrogen-bond donors (Lipinski definition) is 1. The minimum atomic E-state index is -0.157. The van der Waals surface area contributed by atoms with Gasteiger partial charge in [-0.2, -0.15) is 0 Å². The second-order valence-corrected chi connectivity index (χ2v) is 5.77. The lowest BCUT2D eigenvalue weighted by Crippen LogP contribution is -2.28. The summed E-state index contributed by atoms with van der Waals surface area (Å²) >= 11 is 0. The van der Waals surface area contributed by atoms with Gasteiger partial charge in [0.25, 0.3) is 5.91 Å². The van der Waals surface area contributed by atoms with Gasteiger partial charge in [-0.15, -0.1) is 0 Å². The van der Waals surface area contributed by atoms with Crippen LogP contribution in [-0.4, -0.2) is 15.5 Å². The topological polar surface area (TPSA) is 46.9 Å². The highest BCUT2D eigenvalue weighted by Crippen LogP contribution is 2.21. The molecule has 1 N–H and O–H groups in total.